The van der Waals surface area contributed by atoms with Crippen LogP contribution >= 0.6 is 0 Å². The molecule has 182 valence electrons. The van der Waals surface area contributed by atoms with Crippen LogP contribution in [-0.2, 0) is 24.9 Å². The van der Waals surface area contributed by atoms with Gasteiger partial charge in [0.15, 0.2) is 30.3 Å². The number of hydrogen-bond donors (Lipinski definition) is 1. The second kappa shape index (κ2) is 11.0. The van der Waals surface area contributed by atoms with Crippen molar-refractivity contribution in [1.82, 2.24) is 9.13 Å². The topological polar surface area (TPSA) is 89.1 Å². The molecule has 3 rings (SSSR count). The Kier molecular flexibility index (Phi) is 8.11. The number of aliphatic hydroxyl groups is 1. The van der Waals surface area contributed by atoms with Crippen molar-refractivity contribution in [2.24, 2.45) is 12.0 Å². The molecule has 0 bridgehead atoms. The van der Waals surface area contributed by atoms with E-state index < -0.39 is 35.8 Å². The highest BCUT2D eigenvalue weighted by atomic mass is 19.2. The van der Waals surface area contributed by atoms with E-state index in [1.165, 1.54) is 48.4 Å². The maximum atomic E-state index is 14.2. The minimum absolute atomic E-state index is 0.00604. The Hall–Kier alpha value is -3.60. The zero-order valence-electron chi connectivity index (χ0n) is 18.6. The summed E-state index contributed by atoms with van der Waals surface area (Å²) in [6.45, 7) is 2.75. The molecule has 1 N–H and O–H groups in total. The molecule has 0 aliphatic heterocycles. The molecular weight excluding hydrogens is 453 g/mol. The van der Waals surface area contributed by atoms with Gasteiger partial charge in [-0.1, -0.05) is 18.2 Å². The van der Waals surface area contributed by atoms with Crippen molar-refractivity contribution in [3.8, 4) is 0 Å². The third kappa shape index (κ3) is 5.30. The Morgan fingerprint density at radius 1 is 1.26 bits per heavy atom. The third-order valence-corrected chi connectivity index (χ3v) is 5.29. The monoisotopic (exact) mass is 478 g/mol. The number of aliphatic hydroxyl groups excluding tert-OH is 1. The minimum atomic E-state index is -1.83. The quantitative estimate of drug-likeness (QED) is 0.419. The van der Waals surface area contributed by atoms with Gasteiger partial charge in [-0.15, -0.1) is 0 Å². The van der Waals surface area contributed by atoms with Crippen LogP contribution in [0.4, 0.5) is 24.7 Å². The summed E-state index contributed by atoms with van der Waals surface area (Å²) in [6, 6.07) is 5.46. The van der Waals surface area contributed by atoms with Crippen LogP contribution in [0.5, 0.6) is 0 Å². The fourth-order valence-electron chi connectivity index (χ4n) is 3.52. The zero-order chi connectivity index (χ0) is 24.8. The number of ether oxygens (including phenoxy) is 1. The summed E-state index contributed by atoms with van der Waals surface area (Å²) < 4.78 is 49.0. The number of rotatable bonds is 10. The first-order valence-electron chi connectivity index (χ1n) is 10.5. The van der Waals surface area contributed by atoms with Gasteiger partial charge in [0.05, 0.1) is 0 Å². The van der Waals surface area contributed by atoms with E-state index in [4.69, 9.17) is 9.84 Å². The van der Waals surface area contributed by atoms with Crippen LogP contribution in [-0.4, -0.2) is 40.5 Å². The van der Waals surface area contributed by atoms with Crippen LogP contribution in [0.3, 0.4) is 0 Å². The van der Waals surface area contributed by atoms with Crippen LogP contribution in [0, 0.1) is 5.82 Å². The van der Waals surface area contributed by atoms with Crippen molar-refractivity contribution >= 4 is 18.2 Å². The highest BCUT2D eigenvalue weighted by molar-refractivity contribution is 5.64. The lowest BCUT2D eigenvalue weighted by atomic mass is 10.1. The first kappa shape index (κ1) is 25.0. The first-order chi connectivity index (χ1) is 16.3. The van der Waals surface area contributed by atoms with Crippen molar-refractivity contribution in [3.63, 3.8) is 0 Å². The average molecular weight is 478 g/mol. The molecular formula is C23H25F3N4O4. The summed E-state index contributed by atoms with van der Waals surface area (Å²) in [5.41, 5.74) is -0.873. The second-order valence-corrected chi connectivity index (χ2v) is 7.62. The number of allylic oxidation sites excluding steroid dienone is 3. The molecule has 11 heteroatoms. The van der Waals surface area contributed by atoms with Crippen molar-refractivity contribution in [3.05, 3.63) is 80.2 Å². The van der Waals surface area contributed by atoms with Gasteiger partial charge in [0, 0.05) is 33.2 Å². The molecule has 34 heavy (non-hydrogen) atoms. The molecule has 1 atom stereocenters. The van der Waals surface area contributed by atoms with Gasteiger partial charge in [-0.25, -0.2) is 23.0 Å². The molecule has 1 aromatic heterocycles. The summed E-state index contributed by atoms with van der Waals surface area (Å²) >= 11 is 0. The maximum Gasteiger partial charge on any atom is 0.332 e. The molecule has 0 fully saturated rings. The molecule has 0 saturated heterocycles. The Morgan fingerprint density at radius 2 is 1.97 bits per heavy atom. The number of aromatic nitrogens is 2. The average Bonchev–Trinajstić information content (AvgIpc) is 2.82. The van der Waals surface area contributed by atoms with Crippen molar-refractivity contribution in [2.75, 3.05) is 18.2 Å². The summed E-state index contributed by atoms with van der Waals surface area (Å²) in [5.74, 6) is -1.89. The van der Waals surface area contributed by atoms with Crippen LogP contribution in [0.2, 0.25) is 0 Å². The number of anilines is 1. The first-order valence-corrected chi connectivity index (χ1v) is 10.5. The van der Waals surface area contributed by atoms with E-state index >= 15 is 0 Å². The van der Waals surface area contributed by atoms with Crippen molar-refractivity contribution < 1.29 is 23.0 Å². The van der Waals surface area contributed by atoms with Crippen molar-refractivity contribution in [2.45, 2.75) is 32.1 Å². The molecule has 2 aromatic rings. The molecule has 1 unspecified atom stereocenters. The third-order valence-electron chi connectivity index (χ3n) is 5.29. The number of benzene rings is 1. The lowest BCUT2D eigenvalue weighted by Crippen LogP contribution is -2.43. The summed E-state index contributed by atoms with van der Waals surface area (Å²) in [4.78, 5) is 31.3. The molecule has 1 aliphatic rings. The van der Waals surface area contributed by atoms with Gasteiger partial charge in [-0.2, -0.15) is 0 Å². The Labute approximate surface area is 193 Å². The predicted molar refractivity (Wildman–Crippen MR) is 122 cm³/mol. The lowest BCUT2D eigenvalue weighted by molar-refractivity contribution is 0.193. The smallest absolute Gasteiger partial charge is 0.332 e. The van der Waals surface area contributed by atoms with E-state index in [0.29, 0.717) is 5.56 Å². The second-order valence-electron chi connectivity index (χ2n) is 7.62. The van der Waals surface area contributed by atoms with E-state index in [9.17, 15) is 22.8 Å². The van der Waals surface area contributed by atoms with Gasteiger partial charge in [-0.05, 0) is 36.9 Å². The number of hydrogen-bond acceptors (Lipinski definition) is 6. The van der Waals surface area contributed by atoms with E-state index in [-0.39, 0.29) is 49.8 Å². The van der Waals surface area contributed by atoms with E-state index in [2.05, 4.69) is 11.7 Å². The summed E-state index contributed by atoms with van der Waals surface area (Å²) in [7, 11) is 1.40. The summed E-state index contributed by atoms with van der Waals surface area (Å²) in [6.07, 6.45) is 0.945. The Morgan fingerprint density at radius 3 is 2.62 bits per heavy atom. The van der Waals surface area contributed by atoms with Crippen LogP contribution < -0.4 is 16.1 Å². The van der Waals surface area contributed by atoms with E-state index in [1.807, 2.05) is 0 Å². The van der Waals surface area contributed by atoms with E-state index in [0.717, 1.165) is 9.13 Å². The van der Waals surface area contributed by atoms with Crippen LogP contribution in [0.1, 0.15) is 18.4 Å². The molecule has 0 amide bonds. The molecule has 1 aliphatic carbocycles. The lowest BCUT2D eigenvalue weighted by Gasteiger charge is -2.27. The van der Waals surface area contributed by atoms with Gasteiger partial charge in [0.25, 0.3) is 5.56 Å². The molecule has 0 radical (unpaired) electrons. The molecule has 8 nitrogen and oxygen atoms in total. The van der Waals surface area contributed by atoms with Crippen LogP contribution in [0.25, 0.3) is 0 Å². The highest BCUT2D eigenvalue weighted by Crippen LogP contribution is 2.27. The number of halogens is 3. The standard InChI is InChI=1S/C23H25F3N4O4/c1-27-21-20(22(32)30(11-4-12-31)23(33)28(21)2)29(13-15-7-9-16(24)10-8-15)14-34-18-6-3-5-17(25)19(18)26/h3,6-10,17,31H,1,4-5,11-14H2,2H3. The van der Waals surface area contributed by atoms with Gasteiger partial charge in [0.1, 0.15) is 11.5 Å². The molecule has 0 spiro atoms. The highest BCUT2D eigenvalue weighted by Gasteiger charge is 2.25. The fraction of sp³-hybridized carbons (Fsp3) is 0.348. The number of aliphatic imine (C=N–C) groups is 1. The van der Waals surface area contributed by atoms with Gasteiger partial charge in [0.2, 0.25) is 0 Å². The predicted octanol–water partition coefficient (Wildman–Crippen LogP) is 2.86. The summed E-state index contributed by atoms with van der Waals surface area (Å²) in [5, 5.41) is 9.16. The van der Waals surface area contributed by atoms with Crippen LogP contribution in [0.15, 0.2) is 62.6 Å². The largest absolute Gasteiger partial charge is 0.470 e. The van der Waals surface area contributed by atoms with Gasteiger partial charge >= 0.3 is 5.69 Å². The van der Waals surface area contributed by atoms with E-state index in [1.54, 1.807) is 0 Å². The SMILES string of the molecule is C=Nc1c(N(COC2=C(F)C(F)CC=C2)Cc2ccc(F)cc2)c(=O)n(CCCO)c(=O)n1C. The molecule has 0 saturated carbocycles. The molecule has 1 heterocycles. The van der Waals surface area contributed by atoms with Crippen molar-refractivity contribution in [1.29, 1.82) is 0 Å². The maximum absolute atomic E-state index is 14.2. The number of nitrogens with zero attached hydrogens (tertiary/aromatic N) is 4. The fourth-order valence-corrected chi connectivity index (χ4v) is 3.52. The molecule has 1 aromatic carbocycles. The Balaban J connectivity index is 2.10. The minimum Gasteiger partial charge on any atom is -0.470 e. The van der Waals surface area contributed by atoms with Gasteiger partial charge in [-0.3, -0.25) is 13.9 Å². The normalized spacial score (nSPS) is 15.5. The number of alkyl halides is 1. The Bertz CT molecular complexity index is 1220. The zero-order valence-corrected chi connectivity index (χ0v) is 18.6. The van der Waals surface area contributed by atoms with Gasteiger partial charge < -0.3 is 14.7 Å².